The van der Waals surface area contributed by atoms with Gasteiger partial charge in [0, 0.05) is 26.2 Å². The summed E-state index contributed by atoms with van der Waals surface area (Å²) in [5.41, 5.74) is 0.493. The van der Waals surface area contributed by atoms with Crippen molar-refractivity contribution in [2.75, 3.05) is 46.4 Å². The van der Waals surface area contributed by atoms with Gasteiger partial charge in [0.2, 0.25) is 0 Å². The lowest BCUT2D eigenvalue weighted by atomic mass is 9.79. The third-order valence-corrected chi connectivity index (χ3v) is 4.52. The predicted molar refractivity (Wildman–Crippen MR) is 87.3 cm³/mol. The number of hydrogen-bond acceptors (Lipinski definition) is 3. The van der Waals surface area contributed by atoms with Gasteiger partial charge in [0.1, 0.15) is 0 Å². The summed E-state index contributed by atoms with van der Waals surface area (Å²) < 4.78 is 5.49. The minimum absolute atomic E-state index is 0.493. The highest BCUT2D eigenvalue weighted by molar-refractivity contribution is 4.86. The molecule has 0 spiro atoms. The van der Waals surface area contributed by atoms with Crippen LogP contribution in [0.4, 0.5) is 0 Å². The zero-order chi connectivity index (χ0) is 14.7. The summed E-state index contributed by atoms with van der Waals surface area (Å²) in [5.74, 6) is 0. The average molecular weight is 284 g/mol. The molecule has 3 heteroatoms. The lowest BCUT2D eigenvalue weighted by Crippen LogP contribution is -2.43. The van der Waals surface area contributed by atoms with Gasteiger partial charge in [-0.2, -0.15) is 0 Å². The molecular formula is C17H36N2O. The largest absolute Gasteiger partial charge is 0.380 e. The number of ether oxygens (including phenoxy) is 1. The molecule has 0 aromatic rings. The van der Waals surface area contributed by atoms with E-state index in [1.807, 2.05) is 0 Å². The topological polar surface area (TPSA) is 24.5 Å². The molecule has 0 aromatic heterocycles. The molecule has 3 nitrogen and oxygen atoms in total. The second-order valence-electron chi connectivity index (χ2n) is 6.53. The molecule has 0 heterocycles. The van der Waals surface area contributed by atoms with Gasteiger partial charge in [-0.25, -0.2) is 0 Å². The Kier molecular flexibility index (Phi) is 9.49. The van der Waals surface area contributed by atoms with E-state index >= 15 is 0 Å². The summed E-state index contributed by atoms with van der Waals surface area (Å²) in [6.07, 6.45) is 9.69. The Bertz CT molecular complexity index is 225. The molecule has 0 unspecified atom stereocenters. The first kappa shape index (κ1) is 17.9. The van der Waals surface area contributed by atoms with Gasteiger partial charge in [0.15, 0.2) is 0 Å². The fourth-order valence-electron chi connectivity index (χ4n) is 3.42. The van der Waals surface area contributed by atoms with Gasteiger partial charge < -0.3 is 15.0 Å². The normalized spacial score (nSPS) is 19.2. The summed E-state index contributed by atoms with van der Waals surface area (Å²) in [7, 11) is 2.26. The smallest absolute Gasteiger partial charge is 0.0593 e. The third kappa shape index (κ3) is 7.05. The van der Waals surface area contributed by atoms with Gasteiger partial charge in [-0.1, -0.05) is 32.6 Å². The van der Waals surface area contributed by atoms with Crippen molar-refractivity contribution < 1.29 is 4.74 Å². The molecular weight excluding hydrogens is 248 g/mol. The van der Waals surface area contributed by atoms with Crippen molar-refractivity contribution >= 4 is 0 Å². The average Bonchev–Trinajstić information content (AvgIpc) is 2.65. The van der Waals surface area contributed by atoms with Crippen LogP contribution in [0.3, 0.4) is 0 Å². The van der Waals surface area contributed by atoms with Crippen molar-refractivity contribution in [3.05, 3.63) is 0 Å². The van der Waals surface area contributed by atoms with E-state index in [4.69, 9.17) is 4.74 Å². The number of rotatable bonds is 10. The van der Waals surface area contributed by atoms with Gasteiger partial charge in [-0.05, 0) is 45.2 Å². The monoisotopic (exact) mass is 284 g/mol. The Labute approximate surface area is 126 Å². The summed E-state index contributed by atoms with van der Waals surface area (Å²) in [6, 6.07) is 0. The summed E-state index contributed by atoms with van der Waals surface area (Å²) in [6.45, 7) is 10.6. The van der Waals surface area contributed by atoms with Crippen LogP contribution in [0.2, 0.25) is 0 Å². The van der Waals surface area contributed by atoms with Gasteiger partial charge in [0.05, 0.1) is 6.61 Å². The SMILES string of the molecule is CCCNCC1(CN(C)CCOCC)CCCCCC1. The lowest BCUT2D eigenvalue weighted by Gasteiger charge is -2.37. The van der Waals surface area contributed by atoms with Crippen LogP contribution >= 0.6 is 0 Å². The minimum atomic E-state index is 0.493. The Morgan fingerprint density at radius 2 is 1.80 bits per heavy atom. The minimum Gasteiger partial charge on any atom is -0.380 e. The Morgan fingerprint density at radius 3 is 2.40 bits per heavy atom. The first-order chi connectivity index (χ1) is 9.72. The molecule has 0 bridgehead atoms. The first-order valence-electron chi connectivity index (χ1n) is 8.69. The first-order valence-corrected chi connectivity index (χ1v) is 8.69. The van der Waals surface area contributed by atoms with E-state index in [2.05, 4.69) is 31.1 Å². The van der Waals surface area contributed by atoms with E-state index in [0.29, 0.717) is 5.41 Å². The predicted octanol–water partition coefficient (Wildman–Crippen LogP) is 3.29. The van der Waals surface area contributed by atoms with Gasteiger partial charge in [0.25, 0.3) is 0 Å². The highest BCUT2D eigenvalue weighted by Gasteiger charge is 2.31. The standard InChI is InChI=1S/C17H36N2O/c1-4-12-18-15-17(10-8-6-7-9-11-17)16-19(3)13-14-20-5-2/h18H,4-16H2,1-3H3. The fraction of sp³-hybridized carbons (Fsp3) is 1.00. The molecule has 0 saturated heterocycles. The van der Waals surface area contributed by atoms with Crippen molar-refractivity contribution in [3.63, 3.8) is 0 Å². The molecule has 120 valence electrons. The van der Waals surface area contributed by atoms with Crippen molar-refractivity contribution in [1.82, 2.24) is 10.2 Å². The second kappa shape index (κ2) is 10.6. The lowest BCUT2D eigenvalue weighted by molar-refractivity contribution is 0.0923. The van der Waals surface area contributed by atoms with E-state index < -0.39 is 0 Å². The number of hydrogen-bond donors (Lipinski definition) is 1. The molecule has 1 rings (SSSR count). The molecule has 1 saturated carbocycles. The van der Waals surface area contributed by atoms with Crippen molar-refractivity contribution in [3.8, 4) is 0 Å². The van der Waals surface area contributed by atoms with Crippen LogP contribution in [-0.4, -0.2) is 51.3 Å². The van der Waals surface area contributed by atoms with E-state index in [-0.39, 0.29) is 0 Å². The van der Waals surface area contributed by atoms with Crippen molar-refractivity contribution in [2.45, 2.75) is 58.8 Å². The van der Waals surface area contributed by atoms with Gasteiger partial charge in [-0.3, -0.25) is 0 Å². The number of nitrogens with one attached hydrogen (secondary N) is 1. The highest BCUT2D eigenvalue weighted by atomic mass is 16.5. The zero-order valence-corrected chi connectivity index (χ0v) is 14.0. The summed E-state index contributed by atoms with van der Waals surface area (Å²) in [4.78, 5) is 2.48. The molecule has 1 aliphatic carbocycles. The second-order valence-corrected chi connectivity index (χ2v) is 6.53. The maximum atomic E-state index is 5.49. The van der Waals surface area contributed by atoms with Crippen LogP contribution < -0.4 is 5.32 Å². The van der Waals surface area contributed by atoms with Crippen LogP contribution in [0.25, 0.3) is 0 Å². The quantitative estimate of drug-likeness (QED) is 0.492. The van der Waals surface area contributed by atoms with Crippen LogP contribution in [0.5, 0.6) is 0 Å². The van der Waals surface area contributed by atoms with Crippen LogP contribution in [0.15, 0.2) is 0 Å². The highest BCUT2D eigenvalue weighted by Crippen LogP contribution is 2.35. The van der Waals surface area contributed by atoms with Crippen LogP contribution in [-0.2, 0) is 4.74 Å². The fourth-order valence-corrected chi connectivity index (χ4v) is 3.42. The molecule has 1 fully saturated rings. The summed E-state index contributed by atoms with van der Waals surface area (Å²) >= 11 is 0. The molecule has 0 aromatic carbocycles. The molecule has 0 amide bonds. The van der Waals surface area contributed by atoms with Crippen LogP contribution in [0, 0.1) is 5.41 Å². The van der Waals surface area contributed by atoms with Gasteiger partial charge >= 0.3 is 0 Å². The van der Waals surface area contributed by atoms with Crippen LogP contribution in [0.1, 0.15) is 58.8 Å². The number of nitrogens with zero attached hydrogens (tertiary/aromatic N) is 1. The Balaban J connectivity index is 2.47. The number of likely N-dealkylation sites (N-methyl/N-ethyl adjacent to an activating group) is 1. The molecule has 0 atom stereocenters. The third-order valence-electron chi connectivity index (χ3n) is 4.52. The van der Waals surface area contributed by atoms with Gasteiger partial charge in [-0.15, -0.1) is 0 Å². The molecule has 1 N–H and O–H groups in total. The van der Waals surface area contributed by atoms with Crippen molar-refractivity contribution in [1.29, 1.82) is 0 Å². The molecule has 1 aliphatic rings. The molecule has 20 heavy (non-hydrogen) atoms. The Morgan fingerprint density at radius 1 is 1.10 bits per heavy atom. The molecule has 0 aliphatic heterocycles. The zero-order valence-electron chi connectivity index (χ0n) is 14.0. The molecule has 0 radical (unpaired) electrons. The van der Waals surface area contributed by atoms with E-state index in [9.17, 15) is 0 Å². The maximum Gasteiger partial charge on any atom is 0.0593 e. The van der Waals surface area contributed by atoms with E-state index in [1.165, 1.54) is 58.0 Å². The van der Waals surface area contributed by atoms with Crippen molar-refractivity contribution in [2.24, 2.45) is 5.41 Å². The Hall–Kier alpha value is -0.120. The summed E-state index contributed by atoms with van der Waals surface area (Å²) in [5, 5.41) is 3.69. The maximum absolute atomic E-state index is 5.49. The van der Waals surface area contributed by atoms with E-state index in [1.54, 1.807) is 0 Å². The van der Waals surface area contributed by atoms with E-state index in [0.717, 1.165) is 26.3 Å².